The van der Waals surface area contributed by atoms with Gasteiger partial charge in [-0.05, 0) is 62.2 Å². The van der Waals surface area contributed by atoms with Crippen LogP contribution in [0.5, 0.6) is 0 Å². The first-order chi connectivity index (χ1) is 23.9. The van der Waals surface area contributed by atoms with Crippen LogP contribution in [0.1, 0.15) is 85.5 Å². The summed E-state index contributed by atoms with van der Waals surface area (Å²) >= 11 is 0. The Morgan fingerprint density at radius 1 is 1.02 bits per heavy atom. The number of hydrogen-bond acceptors (Lipinski definition) is 11. The maximum atomic E-state index is 15.8. The van der Waals surface area contributed by atoms with Crippen LogP contribution in [0.4, 0.5) is 4.79 Å². The number of carbonyl (C=O) groups excluding carboxylic acids is 4. The van der Waals surface area contributed by atoms with Crippen molar-refractivity contribution in [3.8, 4) is 0 Å². The molecule has 0 unspecified atom stereocenters. The highest BCUT2D eigenvalue weighted by atomic mass is 28.4. The van der Waals surface area contributed by atoms with Gasteiger partial charge in [0.05, 0.1) is 35.7 Å². The van der Waals surface area contributed by atoms with Gasteiger partial charge in [-0.15, -0.1) is 0 Å². The third kappa shape index (κ3) is 6.06. The number of Topliss-reactive ketones (excluding diaryl/α,β-unsaturated/α-hetero) is 1. The number of aliphatic hydroxyl groups excluding tert-OH is 1. The molecule has 4 aliphatic rings. The van der Waals surface area contributed by atoms with Gasteiger partial charge in [-0.25, -0.2) is 9.59 Å². The average Bonchev–Trinajstić information content (AvgIpc) is 3.08. The van der Waals surface area contributed by atoms with E-state index in [4.69, 9.17) is 23.4 Å². The van der Waals surface area contributed by atoms with Crippen LogP contribution in [0.2, 0.25) is 18.1 Å². The summed E-state index contributed by atoms with van der Waals surface area (Å²) < 4.78 is 32.1. The van der Waals surface area contributed by atoms with Crippen LogP contribution in [-0.2, 0) is 33.0 Å². The molecule has 5 rings (SSSR count). The van der Waals surface area contributed by atoms with E-state index in [-0.39, 0.29) is 37.1 Å². The van der Waals surface area contributed by atoms with E-state index in [1.807, 2.05) is 0 Å². The average molecular weight is 730 g/mol. The van der Waals surface area contributed by atoms with Crippen molar-refractivity contribution < 1.29 is 52.8 Å². The van der Waals surface area contributed by atoms with Crippen molar-refractivity contribution >= 4 is 32.1 Å². The number of ketones is 1. The topological polar surface area (TPSA) is 167 Å². The van der Waals surface area contributed by atoms with Gasteiger partial charge >= 0.3 is 18.0 Å². The predicted octanol–water partition coefficient (Wildman–Crippen LogP) is 4.87. The third-order valence-corrected chi connectivity index (χ3v) is 17.4. The fraction of sp³-hybridized carbons (Fsp3) is 0.684. The molecule has 0 aromatic heterocycles. The van der Waals surface area contributed by atoms with Gasteiger partial charge in [-0.1, -0.05) is 52.8 Å². The zero-order valence-corrected chi connectivity index (χ0v) is 32.4. The molecule has 0 radical (unpaired) electrons. The van der Waals surface area contributed by atoms with E-state index in [9.17, 15) is 24.6 Å². The Bertz CT molecular complexity index is 1550. The van der Waals surface area contributed by atoms with Crippen molar-refractivity contribution in [2.24, 2.45) is 16.7 Å². The van der Waals surface area contributed by atoms with E-state index in [2.05, 4.69) is 26.1 Å². The molecule has 12 nitrogen and oxygen atoms in total. The molecular formula is C38H55NO11Si. The maximum Gasteiger partial charge on any atom is 0.408 e. The van der Waals surface area contributed by atoms with Crippen molar-refractivity contribution in [1.82, 2.24) is 5.32 Å². The Morgan fingerprint density at radius 2 is 1.65 bits per heavy atom. The van der Waals surface area contributed by atoms with E-state index in [1.54, 1.807) is 65.0 Å². The minimum absolute atomic E-state index is 0.141. The number of esters is 2. The molecule has 2 bridgehead atoms. The molecule has 13 heteroatoms. The lowest BCUT2D eigenvalue weighted by molar-refractivity contribution is -0.344. The third-order valence-electron chi connectivity index (χ3n) is 12.8. The SMILES string of the molecule is CCNC(=O)O[C@H]1C(=O)[C@]2(C)[C@@H](O[Si](CC)(CC)CC)C[C@H]3OC[C@@]3(OC(C)=O)[C@H]2[C@H](OC(=O)c2ccccc2)[C@]2(O)C[C@H](O)C(C)=C1C2(C)C. The van der Waals surface area contributed by atoms with E-state index in [0.29, 0.717) is 5.57 Å². The lowest BCUT2D eigenvalue weighted by Crippen LogP contribution is -2.82. The summed E-state index contributed by atoms with van der Waals surface area (Å²) in [7, 11) is -2.50. The quantitative estimate of drug-likeness (QED) is 0.130. The molecular weight excluding hydrogens is 675 g/mol. The van der Waals surface area contributed by atoms with Gasteiger partial charge in [-0.2, -0.15) is 0 Å². The molecule has 1 saturated heterocycles. The molecule has 1 aliphatic heterocycles. The molecule has 51 heavy (non-hydrogen) atoms. The first-order valence-corrected chi connectivity index (χ1v) is 20.8. The minimum Gasteiger partial charge on any atom is -0.455 e. The van der Waals surface area contributed by atoms with Crippen LogP contribution in [0, 0.1) is 16.7 Å². The summed E-state index contributed by atoms with van der Waals surface area (Å²) in [6.45, 7) is 16.0. The molecule has 3 aliphatic carbocycles. The Kier molecular flexibility index (Phi) is 10.8. The van der Waals surface area contributed by atoms with Crippen molar-refractivity contribution in [3.05, 3.63) is 47.0 Å². The van der Waals surface area contributed by atoms with Gasteiger partial charge in [0.25, 0.3) is 0 Å². The summed E-state index contributed by atoms with van der Waals surface area (Å²) in [4.78, 5) is 56.3. The van der Waals surface area contributed by atoms with Gasteiger partial charge in [0.1, 0.15) is 17.8 Å². The van der Waals surface area contributed by atoms with Crippen LogP contribution in [0.25, 0.3) is 0 Å². The summed E-state index contributed by atoms with van der Waals surface area (Å²) in [6, 6.07) is 10.6. The summed E-state index contributed by atoms with van der Waals surface area (Å²) in [5.74, 6) is -3.24. The number of nitrogens with one attached hydrogen (secondary N) is 1. The number of rotatable bonds is 10. The summed E-state index contributed by atoms with van der Waals surface area (Å²) in [6.07, 6.45) is -7.05. The number of amides is 1. The Labute approximate surface area is 301 Å². The fourth-order valence-corrected chi connectivity index (χ4v) is 12.4. The van der Waals surface area contributed by atoms with E-state index >= 15 is 4.79 Å². The molecule has 282 valence electrons. The van der Waals surface area contributed by atoms with Crippen molar-refractivity contribution in [2.75, 3.05) is 13.2 Å². The van der Waals surface area contributed by atoms with Crippen LogP contribution >= 0.6 is 0 Å². The Balaban J connectivity index is 1.88. The molecule has 3 fully saturated rings. The molecule has 3 N–H and O–H groups in total. The predicted molar refractivity (Wildman–Crippen MR) is 189 cm³/mol. The number of hydrogen-bond donors (Lipinski definition) is 3. The summed E-state index contributed by atoms with van der Waals surface area (Å²) in [5, 5.41) is 27.6. The van der Waals surface area contributed by atoms with E-state index in [1.165, 1.54) is 6.92 Å². The molecule has 1 aromatic carbocycles. The lowest BCUT2D eigenvalue weighted by atomic mass is 9.44. The Hall–Kier alpha value is -3.10. The zero-order valence-electron chi connectivity index (χ0n) is 31.4. The van der Waals surface area contributed by atoms with Crippen molar-refractivity contribution in [2.45, 2.75) is 135 Å². The van der Waals surface area contributed by atoms with Crippen LogP contribution in [0.3, 0.4) is 0 Å². The molecule has 0 spiro atoms. The lowest BCUT2D eigenvalue weighted by Gasteiger charge is -2.68. The van der Waals surface area contributed by atoms with E-state index < -0.39 is 90.6 Å². The molecule has 1 heterocycles. The van der Waals surface area contributed by atoms with Gasteiger partial charge < -0.3 is 38.9 Å². The Morgan fingerprint density at radius 3 is 2.18 bits per heavy atom. The zero-order chi connectivity index (χ0) is 37.7. The fourth-order valence-electron chi connectivity index (χ4n) is 9.48. The number of alkyl carbamates (subject to hydrolysis) is 1. The van der Waals surface area contributed by atoms with Gasteiger partial charge in [-0.3, -0.25) is 9.59 Å². The first-order valence-electron chi connectivity index (χ1n) is 18.3. The van der Waals surface area contributed by atoms with Crippen LogP contribution in [-0.4, -0.2) is 97.2 Å². The van der Waals surface area contributed by atoms with E-state index in [0.717, 1.165) is 18.1 Å². The van der Waals surface area contributed by atoms with Gasteiger partial charge in [0.15, 0.2) is 25.8 Å². The second kappa shape index (κ2) is 14.0. The highest BCUT2D eigenvalue weighted by molar-refractivity contribution is 6.73. The number of benzene rings is 1. The molecule has 2 saturated carbocycles. The van der Waals surface area contributed by atoms with Crippen molar-refractivity contribution in [3.63, 3.8) is 0 Å². The minimum atomic E-state index is -2.50. The number of fused-ring (bicyclic) bond motifs is 5. The van der Waals surface area contributed by atoms with Crippen molar-refractivity contribution in [1.29, 1.82) is 0 Å². The monoisotopic (exact) mass is 729 g/mol. The van der Waals surface area contributed by atoms with Crippen LogP contribution < -0.4 is 5.32 Å². The number of carbonyl (C=O) groups is 4. The van der Waals surface area contributed by atoms with Gasteiger partial charge in [0, 0.05) is 31.7 Å². The standard InChI is InChI=1S/C38H55NO11Si/c1-10-39-34(44)47-29-28-22(5)25(41)20-38(45,35(28,7)8)32(48-33(43)24-17-15-14-16-18-24)30-36(9,31(29)42)26(50-51(11-2,12-3)13-4)19-27-37(30,21-46-27)49-23(6)40/h14-18,25-27,29-30,32,41,45H,10-13,19-21H2,1-9H3,(H,39,44)/t25-,26-,27+,29+,30-,32-,36+,37-,38+/m0/s1. The maximum absolute atomic E-state index is 15.8. The normalized spacial score (nSPS) is 35.6. The number of ether oxygens (including phenoxy) is 4. The van der Waals surface area contributed by atoms with Gasteiger partial charge in [0.2, 0.25) is 0 Å². The largest absolute Gasteiger partial charge is 0.455 e. The highest BCUT2D eigenvalue weighted by Crippen LogP contribution is 2.65. The highest BCUT2D eigenvalue weighted by Gasteiger charge is 2.78. The number of aliphatic hydroxyl groups is 2. The summed E-state index contributed by atoms with van der Waals surface area (Å²) in [5.41, 5.74) is -5.97. The van der Waals surface area contributed by atoms with Crippen LogP contribution in [0.15, 0.2) is 41.5 Å². The first kappa shape index (κ1) is 39.1. The molecule has 1 amide bonds. The second-order valence-electron chi connectivity index (χ2n) is 15.4. The smallest absolute Gasteiger partial charge is 0.408 e. The second-order valence-corrected chi connectivity index (χ2v) is 20.2. The molecule has 1 aromatic rings. The molecule has 9 atom stereocenters.